The molecule has 2 nitrogen and oxygen atoms in total. The molecule has 0 N–H and O–H groups in total. The van der Waals surface area contributed by atoms with Crippen LogP contribution >= 0.6 is 0 Å². The lowest BCUT2D eigenvalue weighted by molar-refractivity contribution is 0.669. The summed E-state index contributed by atoms with van der Waals surface area (Å²) in [5, 5.41) is 12.3. The Hall–Kier alpha value is -7.16. The Bertz CT molecular complexity index is 3190. The number of fused-ring (bicyclic) bond motifs is 9. The molecule has 0 amide bonds. The van der Waals surface area contributed by atoms with E-state index in [1.54, 1.807) is 0 Å². The molecule has 252 valence electrons. The van der Waals surface area contributed by atoms with E-state index < -0.39 is 0 Å². The molecule has 0 saturated carbocycles. The Morgan fingerprint density at radius 1 is 0.296 bits per heavy atom. The minimum Gasteiger partial charge on any atom is -0.456 e. The first kappa shape index (κ1) is 30.5. The third-order valence-corrected chi connectivity index (χ3v) is 11.0. The predicted molar refractivity (Wildman–Crippen MR) is 229 cm³/mol. The highest BCUT2D eigenvalue weighted by atomic mass is 16.3. The van der Waals surface area contributed by atoms with E-state index in [4.69, 9.17) is 4.42 Å². The van der Waals surface area contributed by atoms with Gasteiger partial charge in [0.25, 0.3) is 0 Å². The van der Waals surface area contributed by atoms with Gasteiger partial charge in [-0.1, -0.05) is 140 Å². The summed E-state index contributed by atoms with van der Waals surface area (Å²) in [7, 11) is 0. The minimum atomic E-state index is 0.902. The van der Waals surface area contributed by atoms with Gasteiger partial charge in [0, 0.05) is 27.8 Å². The van der Waals surface area contributed by atoms with Crippen LogP contribution in [-0.2, 0) is 0 Å². The molecule has 1 heterocycles. The molecule has 0 aliphatic heterocycles. The Morgan fingerprint density at radius 3 is 1.69 bits per heavy atom. The summed E-state index contributed by atoms with van der Waals surface area (Å²) >= 11 is 0. The Kier molecular flexibility index (Phi) is 6.90. The van der Waals surface area contributed by atoms with Crippen molar-refractivity contribution >= 4 is 82.1 Å². The van der Waals surface area contributed by atoms with E-state index in [0.29, 0.717) is 0 Å². The van der Waals surface area contributed by atoms with Gasteiger partial charge >= 0.3 is 0 Å². The van der Waals surface area contributed by atoms with Gasteiger partial charge in [0.05, 0.1) is 0 Å². The molecule has 10 aromatic carbocycles. The largest absolute Gasteiger partial charge is 0.456 e. The SMILES string of the molecule is c1ccc(-c2ccc(N(c3ccc(-c4cc5ccc6ccccc6c5c5ccccc45)cc3)c3ccc4cc5c(cc4c3)oc3ccccc35)cc2)cc1. The van der Waals surface area contributed by atoms with Gasteiger partial charge in [-0.05, 0) is 126 Å². The number of nitrogens with zero attached hydrogens (tertiary/aromatic N) is 1. The maximum absolute atomic E-state index is 6.31. The summed E-state index contributed by atoms with van der Waals surface area (Å²) in [6.07, 6.45) is 0. The fourth-order valence-corrected chi connectivity index (χ4v) is 8.38. The average Bonchev–Trinajstić information content (AvgIpc) is 3.60. The summed E-state index contributed by atoms with van der Waals surface area (Å²) < 4.78 is 6.31. The van der Waals surface area contributed by atoms with Crippen molar-refractivity contribution in [2.75, 3.05) is 4.90 Å². The molecule has 0 fully saturated rings. The van der Waals surface area contributed by atoms with Crippen LogP contribution in [-0.4, -0.2) is 0 Å². The molecule has 0 atom stereocenters. The van der Waals surface area contributed by atoms with E-state index in [0.717, 1.165) is 44.4 Å². The van der Waals surface area contributed by atoms with Crippen LogP contribution in [0.15, 0.2) is 205 Å². The van der Waals surface area contributed by atoms with E-state index in [1.165, 1.54) is 60.0 Å². The standard InChI is InChI=1S/C52H33NO/c1-2-10-34(11-3-1)35-20-25-41(26-21-35)53(43-29-24-38-31-49-46-15-8-9-17-50(46)54-51(49)33-40(38)30-43)42-27-22-37(23-28-42)48-32-39-19-18-36-12-4-5-13-44(36)52(39)47-16-7-6-14-45(47)48/h1-33H. The summed E-state index contributed by atoms with van der Waals surface area (Å²) in [5.74, 6) is 0. The van der Waals surface area contributed by atoms with E-state index in [1.807, 2.05) is 12.1 Å². The molecular formula is C52H33NO. The summed E-state index contributed by atoms with van der Waals surface area (Å²) in [6.45, 7) is 0. The Balaban J connectivity index is 1.05. The molecule has 0 spiro atoms. The van der Waals surface area contributed by atoms with Gasteiger partial charge in [-0.15, -0.1) is 0 Å². The molecule has 1 aromatic heterocycles. The molecule has 11 rings (SSSR count). The second-order valence-corrected chi connectivity index (χ2v) is 14.1. The maximum Gasteiger partial charge on any atom is 0.136 e. The smallest absolute Gasteiger partial charge is 0.136 e. The number of hydrogen-bond acceptors (Lipinski definition) is 2. The number of benzene rings is 10. The highest BCUT2D eigenvalue weighted by Crippen LogP contribution is 2.42. The van der Waals surface area contributed by atoms with Crippen LogP contribution in [0.1, 0.15) is 0 Å². The molecule has 2 heteroatoms. The first-order chi connectivity index (χ1) is 26.7. The fraction of sp³-hybridized carbons (Fsp3) is 0. The molecule has 0 unspecified atom stereocenters. The lowest BCUT2D eigenvalue weighted by Gasteiger charge is -2.26. The Morgan fingerprint density at radius 2 is 0.889 bits per heavy atom. The molecule has 11 aromatic rings. The van der Waals surface area contributed by atoms with Gasteiger partial charge < -0.3 is 9.32 Å². The van der Waals surface area contributed by atoms with E-state index in [9.17, 15) is 0 Å². The first-order valence-corrected chi connectivity index (χ1v) is 18.5. The van der Waals surface area contributed by atoms with Crippen molar-refractivity contribution < 1.29 is 4.42 Å². The fourth-order valence-electron chi connectivity index (χ4n) is 8.38. The highest BCUT2D eigenvalue weighted by Gasteiger charge is 2.17. The van der Waals surface area contributed by atoms with Crippen LogP contribution in [0.3, 0.4) is 0 Å². The predicted octanol–water partition coefficient (Wildman–Crippen LogP) is 15.0. The molecular weight excluding hydrogens is 655 g/mol. The van der Waals surface area contributed by atoms with Crippen molar-refractivity contribution in [1.82, 2.24) is 0 Å². The third kappa shape index (κ3) is 4.96. The van der Waals surface area contributed by atoms with Crippen LogP contribution < -0.4 is 4.90 Å². The second-order valence-electron chi connectivity index (χ2n) is 14.1. The zero-order valence-electron chi connectivity index (χ0n) is 29.4. The van der Waals surface area contributed by atoms with Crippen LogP contribution in [0, 0.1) is 0 Å². The van der Waals surface area contributed by atoms with Crippen LogP contribution in [0.2, 0.25) is 0 Å². The zero-order chi connectivity index (χ0) is 35.6. The van der Waals surface area contributed by atoms with Crippen molar-refractivity contribution in [3.05, 3.63) is 200 Å². The molecule has 54 heavy (non-hydrogen) atoms. The van der Waals surface area contributed by atoms with E-state index in [-0.39, 0.29) is 0 Å². The monoisotopic (exact) mass is 687 g/mol. The maximum atomic E-state index is 6.31. The lowest BCUT2D eigenvalue weighted by atomic mass is 9.90. The molecule has 0 bridgehead atoms. The van der Waals surface area contributed by atoms with Crippen molar-refractivity contribution in [2.45, 2.75) is 0 Å². The van der Waals surface area contributed by atoms with Gasteiger partial charge in [0.15, 0.2) is 0 Å². The molecule has 0 aliphatic carbocycles. The number of anilines is 3. The van der Waals surface area contributed by atoms with Gasteiger partial charge in [-0.25, -0.2) is 0 Å². The Labute approximate surface area is 312 Å². The van der Waals surface area contributed by atoms with Crippen LogP contribution in [0.25, 0.3) is 87.3 Å². The molecule has 0 radical (unpaired) electrons. The van der Waals surface area contributed by atoms with Gasteiger partial charge in [-0.2, -0.15) is 0 Å². The van der Waals surface area contributed by atoms with E-state index >= 15 is 0 Å². The van der Waals surface area contributed by atoms with Gasteiger partial charge in [0.2, 0.25) is 0 Å². The summed E-state index contributed by atoms with van der Waals surface area (Å²) in [6, 6.07) is 72.3. The zero-order valence-corrected chi connectivity index (χ0v) is 29.4. The van der Waals surface area contributed by atoms with Crippen LogP contribution in [0.4, 0.5) is 17.1 Å². The molecule has 0 aliphatic rings. The summed E-state index contributed by atoms with van der Waals surface area (Å²) in [4.78, 5) is 2.35. The van der Waals surface area contributed by atoms with Crippen molar-refractivity contribution in [2.24, 2.45) is 0 Å². The van der Waals surface area contributed by atoms with E-state index in [2.05, 4.69) is 193 Å². The third-order valence-electron chi connectivity index (χ3n) is 11.0. The van der Waals surface area contributed by atoms with Crippen LogP contribution in [0.5, 0.6) is 0 Å². The van der Waals surface area contributed by atoms with Crippen molar-refractivity contribution in [3.63, 3.8) is 0 Å². The van der Waals surface area contributed by atoms with Gasteiger partial charge in [-0.3, -0.25) is 0 Å². The van der Waals surface area contributed by atoms with Crippen molar-refractivity contribution in [1.29, 1.82) is 0 Å². The van der Waals surface area contributed by atoms with Crippen molar-refractivity contribution in [3.8, 4) is 22.3 Å². The summed E-state index contributed by atoms with van der Waals surface area (Å²) in [5.41, 5.74) is 9.90. The lowest BCUT2D eigenvalue weighted by Crippen LogP contribution is -2.09. The average molecular weight is 688 g/mol. The number of rotatable bonds is 5. The first-order valence-electron chi connectivity index (χ1n) is 18.5. The number of hydrogen-bond donors (Lipinski definition) is 0. The molecule has 0 saturated heterocycles. The number of para-hydroxylation sites is 1. The quantitative estimate of drug-likeness (QED) is 0.168. The van der Waals surface area contributed by atoms with Gasteiger partial charge in [0.1, 0.15) is 11.2 Å². The highest BCUT2D eigenvalue weighted by molar-refractivity contribution is 6.23. The normalized spacial score (nSPS) is 11.7. The number of furan rings is 1. The topological polar surface area (TPSA) is 16.4 Å². The minimum absolute atomic E-state index is 0.902. The second kappa shape index (κ2) is 12.2.